The SMILES string of the molecule is CCCCOC(=O)N1C[C@@H](P)C(c2ccccc2)[C@@]1(CP(c1ccccc1)c1ccccc1)c1ccccc1. The summed E-state index contributed by atoms with van der Waals surface area (Å²) in [5.41, 5.74) is 2.00. The van der Waals surface area contributed by atoms with Crippen molar-refractivity contribution < 1.29 is 9.53 Å². The number of rotatable bonds is 9. The second kappa shape index (κ2) is 12.9. The normalized spacial score (nSPS) is 20.7. The van der Waals surface area contributed by atoms with E-state index in [1.165, 1.54) is 16.2 Å². The summed E-state index contributed by atoms with van der Waals surface area (Å²) in [6, 6.07) is 43.0. The first-order valence-corrected chi connectivity index (χ1v) is 16.0. The highest BCUT2D eigenvalue weighted by molar-refractivity contribution is 7.73. The van der Waals surface area contributed by atoms with Crippen LogP contribution in [0.1, 0.15) is 36.8 Å². The van der Waals surface area contributed by atoms with Crippen LogP contribution < -0.4 is 10.6 Å². The van der Waals surface area contributed by atoms with Gasteiger partial charge in [-0.05, 0) is 36.1 Å². The standard InChI is InChI=1S/C34H37NO2P2/c1-2-3-24-37-33(36)35-25-31(38)32(27-16-8-4-9-17-27)34(35,28-18-10-5-11-19-28)26-39(29-20-12-6-13-21-29)30-22-14-7-15-23-30/h4-23,31-32H,2-3,24-26,38H2,1H3/t31-,32?,34-/m1/s1. The molecule has 2 unspecified atom stereocenters. The second-order valence-corrected chi connectivity index (χ2v) is 13.2. The Bertz CT molecular complexity index is 1280. The van der Waals surface area contributed by atoms with Gasteiger partial charge in [-0.15, -0.1) is 9.24 Å². The fourth-order valence-corrected chi connectivity index (χ4v) is 9.44. The van der Waals surface area contributed by atoms with Crippen LogP contribution in [0.4, 0.5) is 4.79 Å². The molecule has 4 aromatic carbocycles. The van der Waals surface area contributed by atoms with E-state index in [1.807, 2.05) is 0 Å². The lowest BCUT2D eigenvalue weighted by molar-refractivity contribution is 0.0709. The van der Waals surface area contributed by atoms with Crippen LogP contribution in [0, 0.1) is 0 Å². The summed E-state index contributed by atoms with van der Waals surface area (Å²) in [6.45, 7) is 3.19. The van der Waals surface area contributed by atoms with Gasteiger partial charge in [0, 0.05) is 24.3 Å². The third-order valence-electron chi connectivity index (χ3n) is 7.73. The molecule has 0 aromatic heterocycles. The molecule has 39 heavy (non-hydrogen) atoms. The monoisotopic (exact) mass is 553 g/mol. The summed E-state index contributed by atoms with van der Waals surface area (Å²) in [5, 5.41) is 2.62. The van der Waals surface area contributed by atoms with E-state index in [-0.39, 0.29) is 17.7 Å². The van der Waals surface area contributed by atoms with Crippen LogP contribution >= 0.6 is 17.2 Å². The van der Waals surface area contributed by atoms with E-state index < -0.39 is 13.5 Å². The van der Waals surface area contributed by atoms with Gasteiger partial charge in [-0.2, -0.15) is 0 Å². The van der Waals surface area contributed by atoms with Gasteiger partial charge in [0.25, 0.3) is 0 Å². The quantitative estimate of drug-likeness (QED) is 0.161. The lowest BCUT2D eigenvalue weighted by Gasteiger charge is -2.45. The molecule has 4 aromatic rings. The van der Waals surface area contributed by atoms with Crippen molar-refractivity contribution >= 4 is 33.9 Å². The Morgan fingerprint density at radius 2 is 1.36 bits per heavy atom. The molecule has 1 aliphatic heterocycles. The Kier molecular flexibility index (Phi) is 9.13. The van der Waals surface area contributed by atoms with Gasteiger partial charge >= 0.3 is 6.09 Å². The molecule has 0 bridgehead atoms. The summed E-state index contributed by atoms with van der Waals surface area (Å²) in [4.78, 5) is 16.1. The van der Waals surface area contributed by atoms with Crippen molar-refractivity contribution in [1.82, 2.24) is 4.90 Å². The molecule has 1 saturated heterocycles. The summed E-state index contributed by atoms with van der Waals surface area (Å²) < 4.78 is 5.95. The fraction of sp³-hybridized carbons (Fsp3) is 0.265. The highest BCUT2D eigenvalue weighted by atomic mass is 31.1. The first kappa shape index (κ1) is 27.6. The van der Waals surface area contributed by atoms with E-state index >= 15 is 0 Å². The van der Waals surface area contributed by atoms with Gasteiger partial charge in [-0.3, -0.25) is 4.90 Å². The van der Waals surface area contributed by atoms with Gasteiger partial charge in [-0.1, -0.05) is 135 Å². The van der Waals surface area contributed by atoms with E-state index in [9.17, 15) is 4.79 Å². The molecular weight excluding hydrogens is 516 g/mol. The predicted octanol–water partition coefficient (Wildman–Crippen LogP) is 7.29. The van der Waals surface area contributed by atoms with Crippen molar-refractivity contribution in [3.05, 3.63) is 132 Å². The van der Waals surface area contributed by atoms with Crippen LogP contribution in [-0.4, -0.2) is 36.0 Å². The molecule has 0 aliphatic carbocycles. The summed E-state index contributed by atoms with van der Waals surface area (Å²) in [5.74, 6) is 0.0854. The maximum Gasteiger partial charge on any atom is 0.410 e. The van der Waals surface area contributed by atoms with Crippen LogP contribution in [0.3, 0.4) is 0 Å². The Hall–Kier alpha value is -2.99. The molecule has 1 aliphatic rings. The third kappa shape index (κ3) is 5.81. The molecule has 4 atom stereocenters. The molecule has 1 heterocycles. The van der Waals surface area contributed by atoms with Crippen molar-refractivity contribution in [1.29, 1.82) is 0 Å². The van der Waals surface area contributed by atoms with E-state index in [0.717, 1.165) is 24.6 Å². The molecule has 0 saturated carbocycles. The van der Waals surface area contributed by atoms with E-state index in [1.54, 1.807) is 0 Å². The number of benzene rings is 4. The minimum absolute atomic E-state index is 0.0854. The van der Waals surface area contributed by atoms with Crippen molar-refractivity contribution in [2.24, 2.45) is 0 Å². The average molecular weight is 554 g/mol. The van der Waals surface area contributed by atoms with Crippen LogP contribution in [0.5, 0.6) is 0 Å². The zero-order valence-corrected chi connectivity index (χ0v) is 24.6. The fourth-order valence-electron chi connectivity index (χ4n) is 5.93. The number of carbonyl (C=O) groups is 1. The number of amides is 1. The largest absolute Gasteiger partial charge is 0.449 e. The van der Waals surface area contributed by atoms with E-state index in [0.29, 0.717) is 13.2 Å². The van der Waals surface area contributed by atoms with Crippen molar-refractivity contribution in [2.45, 2.75) is 36.9 Å². The number of carbonyl (C=O) groups excluding carboxylic acids is 1. The van der Waals surface area contributed by atoms with Gasteiger partial charge in [-0.25, -0.2) is 4.79 Å². The Morgan fingerprint density at radius 3 is 1.90 bits per heavy atom. The second-order valence-electron chi connectivity index (χ2n) is 10.2. The first-order valence-electron chi connectivity index (χ1n) is 13.8. The molecular formula is C34H37NO2P2. The topological polar surface area (TPSA) is 29.5 Å². The maximum atomic E-state index is 14.0. The zero-order valence-electron chi connectivity index (χ0n) is 22.5. The number of nitrogens with zero attached hydrogens (tertiary/aromatic N) is 1. The third-order valence-corrected chi connectivity index (χ3v) is 11.0. The Morgan fingerprint density at radius 1 is 0.846 bits per heavy atom. The van der Waals surface area contributed by atoms with Crippen LogP contribution in [-0.2, 0) is 10.3 Å². The number of hydrogen-bond donors (Lipinski definition) is 0. The molecule has 3 nitrogen and oxygen atoms in total. The molecule has 1 fully saturated rings. The van der Waals surface area contributed by atoms with Crippen molar-refractivity contribution in [2.75, 3.05) is 19.3 Å². The van der Waals surface area contributed by atoms with Crippen molar-refractivity contribution in [3.8, 4) is 0 Å². The Balaban J connectivity index is 1.72. The van der Waals surface area contributed by atoms with Gasteiger partial charge in [0.1, 0.15) is 0 Å². The van der Waals surface area contributed by atoms with Crippen LogP contribution in [0.2, 0.25) is 0 Å². The minimum atomic E-state index is -0.796. The van der Waals surface area contributed by atoms with Gasteiger partial charge in [0.2, 0.25) is 0 Å². The molecule has 5 rings (SSSR count). The predicted molar refractivity (Wildman–Crippen MR) is 168 cm³/mol. The van der Waals surface area contributed by atoms with Crippen LogP contribution in [0.25, 0.3) is 0 Å². The molecule has 0 N–H and O–H groups in total. The molecule has 0 spiro atoms. The smallest absolute Gasteiger partial charge is 0.410 e. The molecule has 0 radical (unpaired) electrons. The lowest BCUT2D eigenvalue weighted by atomic mass is 9.76. The molecule has 200 valence electrons. The van der Waals surface area contributed by atoms with Gasteiger partial charge < -0.3 is 4.74 Å². The summed E-state index contributed by atoms with van der Waals surface area (Å²) >= 11 is 0. The highest BCUT2D eigenvalue weighted by Crippen LogP contribution is 2.57. The molecule has 5 heteroatoms. The van der Waals surface area contributed by atoms with Gasteiger partial charge in [0.15, 0.2) is 0 Å². The van der Waals surface area contributed by atoms with Gasteiger partial charge in [0.05, 0.1) is 12.1 Å². The first-order chi connectivity index (χ1) is 19.1. The Labute approximate surface area is 236 Å². The van der Waals surface area contributed by atoms with Crippen LogP contribution in [0.15, 0.2) is 121 Å². The number of hydrogen-bond acceptors (Lipinski definition) is 2. The highest BCUT2D eigenvalue weighted by Gasteiger charge is 2.57. The molecule has 1 amide bonds. The summed E-state index contributed by atoms with van der Waals surface area (Å²) in [7, 11) is 2.28. The number of unbranched alkanes of at least 4 members (excludes halogenated alkanes) is 1. The lowest BCUT2D eigenvalue weighted by Crippen LogP contribution is -2.51. The van der Waals surface area contributed by atoms with E-state index in [2.05, 4.69) is 142 Å². The summed E-state index contributed by atoms with van der Waals surface area (Å²) in [6.07, 6.45) is 2.44. The number of likely N-dealkylation sites (tertiary alicyclic amines) is 1. The number of ether oxygens (including phenoxy) is 1. The minimum Gasteiger partial charge on any atom is -0.449 e. The maximum absolute atomic E-state index is 14.0. The van der Waals surface area contributed by atoms with E-state index in [4.69, 9.17) is 4.74 Å². The zero-order chi connectivity index (χ0) is 27.1. The average Bonchev–Trinajstić information content (AvgIpc) is 3.30. The van der Waals surface area contributed by atoms with Crippen molar-refractivity contribution in [3.63, 3.8) is 0 Å².